The molecular formula is C18H17ClF2N2O. The minimum absolute atomic E-state index is 0.0499. The fourth-order valence-corrected chi connectivity index (χ4v) is 3.00. The van der Waals surface area contributed by atoms with E-state index >= 15 is 0 Å². The Morgan fingerprint density at radius 3 is 2.50 bits per heavy atom. The van der Waals surface area contributed by atoms with E-state index in [0.717, 1.165) is 11.8 Å². The second-order valence-electron chi connectivity index (χ2n) is 5.85. The molecule has 2 aromatic rings. The smallest absolute Gasteiger partial charge is 0.244 e. The largest absolute Gasteiger partial charge is 0.310 e. The van der Waals surface area contributed by atoms with E-state index in [1.807, 2.05) is 17.0 Å². The molecule has 1 fully saturated rings. The molecule has 3 nitrogen and oxygen atoms in total. The Bertz CT molecular complexity index is 751. The summed E-state index contributed by atoms with van der Waals surface area (Å²) in [5.41, 5.74) is 1.18. The Hall–Kier alpha value is -1.98. The van der Waals surface area contributed by atoms with Crippen molar-refractivity contribution in [1.29, 1.82) is 0 Å². The maximum atomic E-state index is 13.8. The zero-order valence-corrected chi connectivity index (χ0v) is 13.9. The summed E-state index contributed by atoms with van der Waals surface area (Å²) in [4.78, 5) is 16.2. The molecule has 6 heteroatoms. The molecule has 1 aliphatic heterocycles. The molecule has 1 saturated heterocycles. The van der Waals surface area contributed by atoms with Crippen molar-refractivity contribution >= 4 is 23.2 Å². The standard InChI is InChI=1S/C18H17ClF2N2O/c1-12-18(24)23(16-6-3-14(19)4-7-16)9-8-22(12)11-13-2-5-15(20)10-17(13)21/h2-7,10,12H,8-9,11H2,1H3/t12-/m0/s1. The van der Waals surface area contributed by atoms with Crippen LogP contribution >= 0.6 is 11.6 Å². The number of piperazine rings is 1. The number of nitrogens with zero attached hydrogens (tertiary/aromatic N) is 2. The number of halogens is 3. The predicted octanol–water partition coefficient (Wildman–Crippen LogP) is 3.86. The third-order valence-corrected chi connectivity index (χ3v) is 4.56. The fraction of sp³-hybridized carbons (Fsp3) is 0.278. The van der Waals surface area contributed by atoms with Crippen molar-refractivity contribution in [3.8, 4) is 0 Å². The number of rotatable bonds is 3. The van der Waals surface area contributed by atoms with Gasteiger partial charge in [-0.3, -0.25) is 9.69 Å². The molecule has 3 rings (SSSR count). The van der Waals surface area contributed by atoms with Crippen molar-refractivity contribution in [2.24, 2.45) is 0 Å². The summed E-state index contributed by atoms with van der Waals surface area (Å²) in [7, 11) is 0. The van der Waals surface area contributed by atoms with Gasteiger partial charge < -0.3 is 4.90 Å². The van der Waals surface area contributed by atoms with Crippen LogP contribution in [0, 0.1) is 11.6 Å². The SMILES string of the molecule is C[C@H]1C(=O)N(c2ccc(Cl)cc2)CCN1Cc1ccc(F)cc1F. The molecule has 0 radical (unpaired) electrons. The van der Waals surface area contributed by atoms with Crippen LogP contribution in [0.4, 0.5) is 14.5 Å². The van der Waals surface area contributed by atoms with Gasteiger partial charge in [-0.05, 0) is 37.3 Å². The van der Waals surface area contributed by atoms with Gasteiger partial charge in [0.25, 0.3) is 0 Å². The summed E-state index contributed by atoms with van der Waals surface area (Å²) < 4.78 is 26.8. The fourth-order valence-electron chi connectivity index (χ4n) is 2.88. The van der Waals surface area contributed by atoms with Crippen LogP contribution in [0.1, 0.15) is 12.5 Å². The van der Waals surface area contributed by atoms with Crippen LogP contribution in [-0.2, 0) is 11.3 Å². The lowest BCUT2D eigenvalue weighted by Gasteiger charge is -2.39. The molecule has 0 unspecified atom stereocenters. The van der Waals surface area contributed by atoms with Crippen molar-refractivity contribution in [2.75, 3.05) is 18.0 Å². The lowest BCUT2D eigenvalue weighted by atomic mass is 10.1. The molecule has 0 aliphatic carbocycles. The first kappa shape index (κ1) is 16.9. The van der Waals surface area contributed by atoms with E-state index in [0.29, 0.717) is 23.7 Å². The normalized spacial score (nSPS) is 18.9. The minimum Gasteiger partial charge on any atom is -0.310 e. The van der Waals surface area contributed by atoms with Gasteiger partial charge in [-0.2, -0.15) is 0 Å². The molecule has 24 heavy (non-hydrogen) atoms. The van der Waals surface area contributed by atoms with Gasteiger partial charge in [0.15, 0.2) is 0 Å². The van der Waals surface area contributed by atoms with Crippen molar-refractivity contribution in [3.05, 3.63) is 64.7 Å². The van der Waals surface area contributed by atoms with Crippen LogP contribution in [0.25, 0.3) is 0 Å². The second-order valence-corrected chi connectivity index (χ2v) is 6.28. The van der Waals surface area contributed by atoms with Gasteiger partial charge in [0.05, 0.1) is 6.04 Å². The number of carbonyl (C=O) groups is 1. The Morgan fingerprint density at radius 1 is 1.12 bits per heavy atom. The number of carbonyl (C=O) groups excluding carboxylic acids is 1. The third kappa shape index (κ3) is 3.42. The highest BCUT2D eigenvalue weighted by Gasteiger charge is 2.32. The van der Waals surface area contributed by atoms with Crippen LogP contribution in [-0.4, -0.2) is 29.9 Å². The first-order chi connectivity index (χ1) is 11.5. The van der Waals surface area contributed by atoms with Crippen LogP contribution in [0.15, 0.2) is 42.5 Å². The maximum absolute atomic E-state index is 13.8. The summed E-state index contributed by atoms with van der Waals surface area (Å²) >= 11 is 5.88. The monoisotopic (exact) mass is 350 g/mol. The highest BCUT2D eigenvalue weighted by molar-refractivity contribution is 6.30. The molecule has 1 heterocycles. The topological polar surface area (TPSA) is 23.6 Å². The lowest BCUT2D eigenvalue weighted by molar-refractivity contribution is -0.125. The number of benzene rings is 2. The average molecular weight is 351 g/mol. The Labute approximate surface area is 144 Å². The summed E-state index contributed by atoms with van der Waals surface area (Å²) in [5.74, 6) is -1.24. The van der Waals surface area contributed by atoms with Crippen molar-refractivity contribution in [2.45, 2.75) is 19.5 Å². The van der Waals surface area contributed by atoms with Gasteiger partial charge in [0.1, 0.15) is 11.6 Å². The molecule has 0 N–H and O–H groups in total. The van der Waals surface area contributed by atoms with Crippen LogP contribution in [0.2, 0.25) is 5.02 Å². The van der Waals surface area contributed by atoms with Crippen LogP contribution < -0.4 is 4.90 Å². The Kier molecular flexibility index (Phi) is 4.83. The van der Waals surface area contributed by atoms with Crippen molar-refractivity contribution in [1.82, 2.24) is 4.90 Å². The zero-order chi connectivity index (χ0) is 17.3. The molecule has 0 spiro atoms. The van der Waals surface area contributed by atoms with Gasteiger partial charge >= 0.3 is 0 Å². The van der Waals surface area contributed by atoms with Gasteiger partial charge in [0.2, 0.25) is 5.91 Å². The van der Waals surface area contributed by atoms with E-state index in [4.69, 9.17) is 11.6 Å². The molecule has 1 amide bonds. The van der Waals surface area contributed by atoms with E-state index in [-0.39, 0.29) is 18.5 Å². The predicted molar refractivity (Wildman–Crippen MR) is 90.0 cm³/mol. The Morgan fingerprint density at radius 2 is 1.83 bits per heavy atom. The summed E-state index contributed by atoms with van der Waals surface area (Å²) in [6, 6.07) is 10.2. The van der Waals surface area contributed by atoms with Gasteiger partial charge in [-0.25, -0.2) is 8.78 Å². The molecule has 1 atom stereocenters. The molecule has 126 valence electrons. The second kappa shape index (κ2) is 6.87. The summed E-state index contributed by atoms with van der Waals surface area (Å²) in [6.45, 7) is 3.18. The molecular weight excluding hydrogens is 334 g/mol. The quantitative estimate of drug-likeness (QED) is 0.839. The zero-order valence-electron chi connectivity index (χ0n) is 13.2. The third-order valence-electron chi connectivity index (χ3n) is 4.31. The Balaban J connectivity index is 1.73. The van der Waals surface area contributed by atoms with E-state index in [1.165, 1.54) is 12.1 Å². The highest BCUT2D eigenvalue weighted by Crippen LogP contribution is 2.24. The molecule has 2 aromatic carbocycles. The number of amides is 1. The molecule has 0 aromatic heterocycles. The maximum Gasteiger partial charge on any atom is 0.244 e. The van der Waals surface area contributed by atoms with E-state index in [9.17, 15) is 13.6 Å². The lowest BCUT2D eigenvalue weighted by Crippen LogP contribution is -2.55. The van der Waals surface area contributed by atoms with Gasteiger partial charge in [-0.15, -0.1) is 0 Å². The van der Waals surface area contributed by atoms with E-state index < -0.39 is 11.6 Å². The summed E-state index contributed by atoms with van der Waals surface area (Å²) in [5, 5.41) is 0.615. The minimum atomic E-state index is -0.604. The number of hydrogen-bond acceptors (Lipinski definition) is 2. The average Bonchev–Trinajstić information content (AvgIpc) is 2.55. The molecule has 1 aliphatic rings. The van der Waals surface area contributed by atoms with Crippen molar-refractivity contribution < 1.29 is 13.6 Å². The molecule has 0 bridgehead atoms. The van der Waals surface area contributed by atoms with Crippen LogP contribution in [0.5, 0.6) is 0 Å². The first-order valence-electron chi connectivity index (χ1n) is 7.70. The summed E-state index contributed by atoms with van der Waals surface area (Å²) in [6.07, 6.45) is 0. The number of anilines is 1. The van der Waals surface area contributed by atoms with Gasteiger partial charge in [-0.1, -0.05) is 17.7 Å². The highest BCUT2D eigenvalue weighted by atomic mass is 35.5. The first-order valence-corrected chi connectivity index (χ1v) is 8.08. The van der Waals surface area contributed by atoms with Crippen LogP contribution in [0.3, 0.4) is 0 Å². The van der Waals surface area contributed by atoms with Gasteiger partial charge in [0, 0.05) is 42.0 Å². The van der Waals surface area contributed by atoms with E-state index in [2.05, 4.69) is 0 Å². The molecule has 0 saturated carbocycles. The number of hydrogen-bond donors (Lipinski definition) is 0. The van der Waals surface area contributed by atoms with E-state index in [1.54, 1.807) is 24.0 Å². The van der Waals surface area contributed by atoms with Crippen molar-refractivity contribution in [3.63, 3.8) is 0 Å².